The van der Waals surface area contributed by atoms with Gasteiger partial charge in [-0.1, -0.05) is 24.6 Å². The molecule has 0 aliphatic heterocycles. The van der Waals surface area contributed by atoms with Crippen molar-refractivity contribution in [3.63, 3.8) is 0 Å². The summed E-state index contributed by atoms with van der Waals surface area (Å²) in [7, 11) is 0. The monoisotopic (exact) mass is 255 g/mol. The van der Waals surface area contributed by atoms with Gasteiger partial charge in [0.1, 0.15) is 5.82 Å². The van der Waals surface area contributed by atoms with Crippen LogP contribution in [0.25, 0.3) is 0 Å². The third kappa shape index (κ3) is 4.88. The van der Waals surface area contributed by atoms with Crippen LogP contribution in [0.15, 0.2) is 30.9 Å². The molecular weight excluding hydrogens is 237 g/mol. The molecule has 0 bridgehead atoms. The first-order valence-corrected chi connectivity index (χ1v) is 6.33. The van der Waals surface area contributed by atoms with Gasteiger partial charge in [-0.05, 0) is 49.6 Å². The van der Waals surface area contributed by atoms with Gasteiger partial charge in [0.25, 0.3) is 0 Å². The van der Waals surface area contributed by atoms with E-state index in [1.165, 1.54) is 12.1 Å². The highest BCUT2D eigenvalue weighted by Gasteiger charge is 2.10. The summed E-state index contributed by atoms with van der Waals surface area (Å²) < 4.78 is 13.1. The second kappa shape index (κ2) is 7.46. The standard InChI is InChI=1S/C14H19ClFN/c1-3-5-13(17-8-4-2)10-11-9-12(16)6-7-14(11)15/h3,6-7,9,13,17H,1,4-5,8,10H2,2H3. The fourth-order valence-corrected chi connectivity index (χ4v) is 1.95. The quantitative estimate of drug-likeness (QED) is 0.727. The van der Waals surface area contributed by atoms with Crippen molar-refractivity contribution in [3.05, 3.63) is 47.3 Å². The van der Waals surface area contributed by atoms with E-state index >= 15 is 0 Å². The number of rotatable bonds is 7. The molecule has 0 aliphatic carbocycles. The molecule has 0 aliphatic rings. The predicted molar refractivity (Wildman–Crippen MR) is 72.0 cm³/mol. The van der Waals surface area contributed by atoms with Gasteiger partial charge >= 0.3 is 0 Å². The minimum atomic E-state index is -0.239. The van der Waals surface area contributed by atoms with E-state index in [9.17, 15) is 4.39 Å². The van der Waals surface area contributed by atoms with Crippen LogP contribution in [-0.4, -0.2) is 12.6 Å². The molecule has 0 amide bonds. The summed E-state index contributed by atoms with van der Waals surface area (Å²) >= 11 is 6.05. The highest BCUT2D eigenvalue weighted by molar-refractivity contribution is 6.31. The van der Waals surface area contributed by atoms with Gasteiger partial charge in [0.2, 0.25) is 0 Å². The normalized spacial score (nSPS) is 12.4. The van der Waals surface area contributed by atoms with Crippen molar-refractivity contribution in [2.75, 3.05) is 6.54 Å². The number of hydrogen-bond acceptors (Lipinski definition) is 1. The Labute approximate surface area is 108 Å². The first kappa shape index (κ1) is 14.2. The molecular formula is C14H19ClFN. The second-order valence-electron chi connectivity index (χ2n) is 4.12. The van der Waals surface area contributed by atoms with Crippen LogP contribution in [-0.2, 0) is 6.42 Å². The van der Waals surface area contributed by atoms with Crippen molar-refractivity contribution >= 4 is 11.6 Å². The lowest BCUT2D eigenvalue weighted by Gasteiger charge is -2.17. The van der Waals surface area contributed by atoms with Crippen molar-refractivity contribution < 1.29 is 4.39 Å². The Bertz CT molecular complexity index is 365. The van der Waals surface area contributed by atoms with Gasteiger partial charge in [-0.2, -0.15) is 0 Å². The van der Waals surface area contributed by atoms with Crippen molar-refractivity contribution in [2.24, 2.45) is 0 Å². The number of nitrogens with one attached hydrogen (secondary N) is 1. The van der Waals surface area contributed by atoms with E-state index in [4.69, 9.17) is 11.6 Å². The maximum absolute atomic E-state index is 13.1. The Morgan fingerprint density at radius 3 is 2.94 bits per heavy atom. The second-order valence-corrected chi connectivity index (χ2v) is 4.52. The van der Waals surface area contributed by atoms with Crippen LogP contribution in [0.2, 0.25) is 5.02 Å². The number of halogens is 2. The molecule has 1 aromatic carbocycles. The number of hydrogen-bond donors (Lipinski definition) is 1. The van der Waals surface area contributed by atoms with Crippen molar-refractivity contribution in [1.29, 1.82) is 0 Å². The topological polar surface area (TPSA) is 12.0 Å². The molecule has 1 atom stereocenters. The summed E-state index contributed by atoms with van der Waals surface area (Å²) in [5.41, 5.74) is 0.849. The molecule has 1 rings (SSSR count). The lowest BCUT2D eigenvalue weighted by molar-refractivity contribution is 0.510. The first-order valence-electron chi connectivity index (χ1n) is 5.95. The van der Waals surface area contributed by atoms with Gasteiger partial charge < -0.3 is 5.32 Å². The molecule has 0 fully saturated rings. The van der Waals surface area contributed by atoms with E-state index in [2.05, 4.69) is 18.8 Å². The fourth-order valence-electron chi connectivity index (χ4n) is 1.75. The Morgan fingerprint density at radius 2 is 2.29 bits per heavy atom. The molecule has 0 spiro atoms. The smallest absolute Gasteiger partial charge is 0.123 e. The van der Waals surface area contributed by atoms with Gasteiger partial charge in [-0.15, -0.1) is 6.58 Å². The van der Waals surface area contributed by atoms with Crippen LogP contribution in [0.1, 0.15) is 25.3 Å². The summed E-state index contributed by atoms with van der Waals surface area (Å²) in [5.74, 6) is -0.239. The molecule has 1 nitrogen and oxygen atoms in total. The summed E-state index contributed by atoms with van der Waals surface area (Å²) in [6.07, 6.45) is 4.53. The first-order chi connectivity index (χ1) is 8.17. The summed E-state index contributed by atoms with van der Waals surface area (Å²) in [4.78, 5) is 0. The maximum atomic E-state index is 13.1. The molecule has 1 aromatic rings. The zero-order valence-corrected chi connectivity index (χ0v) is 10.9. The lowest BCUT2D eigenvalue weighted by atomic mass is 10.0. The van der Waals surface area contributed by atoms with Gasteiger partial charge in [0.05, 0.1) is 0 Å². The van der Waals surface area contributed by atoms with Crippen LogP contribution in [0.4, 0.5) is 4.39 Å². The molecule has 0 heterocycles. The zero-order chi connectivity index (χ0) is 12.7. The molecule has 1 N–H and O–H groups in total. The Hall–Kier alpha value is -0.860. The average molecular weight is 256 g/mol. The molecule has 94 valence electrons. The van der Waals surface area contributed by atoms with Gasteiger partial charge in [-0.25, -0.2) is 4.39 Å². The summed E-state index contributed by atoms with van der Waals surface area (Å²) in [6, 6.07) is 4.77. The van der Waals surface area contributed by atoms with Crippen LogP contribution >= 0.6 is 11.6 Å². The Balaban J connectivity index is 2.70. The van der Waals surface area contributed by atoms with Crippen molar-refractivity contribution in [3.8, 4) is 0 Å². The molecule has 17 heavy (non-hydrogen) atoms. The SMILES string of the molecule is C=CCC(Cc1cc(F)ccc1Cl)NCCC. The number of benzene rings is 1. The third-order valence-corrected chi connectivity index (χ3v) is 2.98. The summed E-state index contributed by atoms with van der Waals surface area (Å²) in [5, 5.41) is 4.04. The van der Waals surface area contributed by atoms with E-state index in [1.54, 1.807) is 6.07 Å². The third-order valence-electron chi connectivity index (χ3n) is 2.61. The maximum Gasteiger partial charge on any atom is 0.123 e. The molecule has 1 unspecified atom stereocenters. The van der Waals surface area contributed by atoms with Crippen LogP contribution < -0.4 is 5.32 Å². The van der Waals surface area contributed by atoms with Crippen LogP contribution in [0.3, 0.4) is 0 Å². The van der Waals surface area contributed by atoms with E-state index < -0.39 is 0 Å². The summed E-state index contributed by atoms with van der Waals surface area (Å²) in [6.45, 7) is 6.81. The minimum absolute atomic E-state index is 0.239. The highest BCUT2D eigenvalue weighted by atomic mass is 35.5. The van der Waals surface area contributed by atoms with Crippen molar-refractivity contribution in [1.82, 2.24) is 5.32 Å². The van der Waals surface area contributed by atoms with E-state index in [0.29, 0.717) is 5.02 Å². The zero-order valence-electron chi connectivity index (χ0n) is 10.2. The molecule has 0 radical (unpaired) electrons. The van der Waals surface area contributed by atoms with Crippen molar-refractivity contribution in [2.45, 2.75) is 32.2 Å². The van der Waals surface area contributed by atoms with E-state index in [-0.39, 0.29) is 11.9 Å². The fraction of sp³-hybridized carbons (Fsp3) is 0.429. The molecule has 0 aromatic heterocycles. The Morgan fingerprint density at radius 1 is 1.53 bits per heavy atom. The van der Waals surface area contributed by atoms with E-state index in [0.717, 1.165) is 31.4 Å². The average Bonchev–Trinajstić information content (AvgIpc) is 2.31. The van der Waals surface area contributed by atoms with E-state index in [1.807, 2.05) is 6.08 Å². The molecule has 0 saturated heterocycles. The largest absolute Gasteiger partial charge is 0.313 e. The van der Waals surface area contributed by atoms with Crippen LogP contribution in [0, 0.1) is 5.82 Å². The Kier molecular flexibility index (Phi) is 6.23. The van der Waals surface area contributed by atoms with Crippen LogP contribution in [0.5, 0.6) is 0 Å². The van der Waals surface area contributed by atoms with Gasteiger partial charge in [-0.3, -0.25) is 0 Å². The minimum Gasteiger partial charge on any atom is -0.313 e. The van der Waals surface area contributed by atoms with Gasteiger partial charge in [0, 0.05) is 11.1 Å². The van der Waals surface area contributed by atoms with Gasteiger partial charge in [0.15, 0.2) is 0 Å². The molecule has 0 saturated carbocycles. The lowest BCUT2D eigenvalue weighted by Crippen LogP contribution is -2.31. The molecule has 3 heteroatoms. The highest BCUT2D eigenvalue weighted by Crippen LogP contribution is 2.19. The predicted octanol–water partition coefficient (Wildman–Crippen LogP) is 3.97.